The summed E-state index contributed by atoms with van der Waals surface area (Å²) in [6, 6.07) is 7.24. The van der Waals surface area contributed by atoms with E-state index in [1.807, 2.05) is 33.8 Å². The molecule has 2 amide bonds. The standard InChI is InChI=1S/C15H19Cl2NO3.C14H20N2O3/c1-9(2)8-21-15(20)10(3)18-14(19)7-11-4-5-12(16)13(17)6-11;1-10(2)9-19-14(18)11(3)16-13(17)7-12-5-4-6-15-8-12/h4-6,9-10H,7-8H2,1-3H3,(H,18,19);4-6,8,10-11H,7,9H2,1-3H3,(H,16,17)/t10-;11-/m00/s1. The Morgan fingerprint density at radius 1 is 0.750 bits per heavy atom. The van der Waals surface area contributed by atoms with Gasteiger partial charge in [0.2, 0.25) is 11.8 Å². The number of amides is 2. The Hall–Kier alpha value is -3.17. The van der Waals surface area contributed by atoms with Gasteiger partial charge in [-0.1, -0.05) is 63.0 Å². The largest absolute Gasteiger partial charge is 0.464 e. The zero-order valence-corrected chi connectivity index (χ0v) is 25.3. The molecule has 0 saturated carbocycles. The van der Waals surface area contributed by atoms with Crippen LogP contribution in [0.4, 0.5) is 0 Å². The molecule has 1 heterocycles. The van der Waals surface area contributed by atoms with Crippen LogP contribution in [0, 0.1) is 11.8 Å². The van der Waals surface area contributed by atoms with Crippen LogP contribution in [0.1, 0.15) is 52.7 Å². The van der Waals surface area contributed by atoms with Gasteiger partial charge in [0.05, 0.1) is 36.1 Å². The quantitative estimate of drug-likeness (QED) is 0.344. The van der Waals surface area contributed by atoms with Crippen LogP contribution in [0.15, 0.2) is 42.7 Å². The molecule has 2 rings (SSSR count). The molecule has 2 aromatic rings. The van der Waals surface area contributed by atoms with Crippen LogP contribution < -0.4 is 10.6 Å². The van der Waals surface area contributed by atoms with Crippen LogP contribution in [0.25, 0.3) is 0 Å². The van der Waals surface area contributed by atoms with E-state index in [0.717, 1.165) is 11.1 Å². The van der Waals surface area contributed by atoms with E-state index in [2.05, 4.69) is 15.6 Å². The number of rotatable bonds is 12. The van der Waals surface area contributed by atoms with Gasteiger partial charge >= 0.3 is 11.9 Å². The fourth-order valence-electron chi connectivity index (χ4n) is 2.97. The van der Waals surface area contributed by atoms with E-state index in [1.165, 1.54) is 0 Å². The van der Waals surface area contributed by atoms with Crippen molar-refractivity contribution in [1.29, 1.82) is 0 Å². The van der Waals surface area contributed by atoms with Crippen LogP contribution in [0.2, 0.25) is 10.0 Å². The number of hydrogen-bond acceptors (Lipinski definition) is 7. The average Bonchev–Trinajstić information content (AvgIpc) is 2.88. The predicted octanol–water partition coefficient (Wildman–Crippen LogP) is 4.57. The predicted molar refractivity (Wildman–Crippen MR) is 155 cm³/mol. The van der Waals surface area contributed by atoms with Crippen molar-refractivity contribution < 1.29 is 28.7 Å². The van der Waals surface area contributed by atoms with Gasteiger partial charge in [-0.05, 0) is 55.0 Å². The monoisotopic (exact) mass is 595 g/mol. The zero-order valence-electron chi connectivity index (χ0n) is 23.8. The summed E-state index contributed by atoms with van der Waals surface area (Å²) in [5.41, 5.74) is 1.53. The van der Waals surface area contributed by atoms with Crippen LogP contribution in [-0.4, -0.2) is 54.0 Å². The van der Waals surface area contributed by atoms with Gasteiger partial charge in [0, 0.05) is 12.4 Å². The molecule has 40 heavy (non-hydrogen) atoms. The lowest BCUT2D eigenvalue weighted by Gasteiger charge is -2.14. The van der Waals surface area contributed by atoms with E-state index < -0.39 is 24.0 Å². The van der Waals surface area contributed by atoms with Gasteiger partial charge in [0.1, 0.15) is 12.1 Å². The zero-order chi connectivity index (χ0) is 30.2. The first-order chi connectivity index (χ1) is 18.8. The molecule has 0 fully saturated rings. The lowest BCUT2D eigenvalue weighted by Crippen LogP contribution is -2.40. The molecule has 11 heteroatoms. The second-order valence-electron chi connectivity index (χ2n) is 10.1. The van der Waals surface area contributed by atoms with E-state index in [1.54, 1.807) is 50.5 Å². The van der Waals surface area contributed by atoms with E-state index in [-0.39, 0.29) is 36.5 Å². The molecular weight excluding hydrogens is 557 g/mol. The molecule has 9 nitrogen and oxygen atoms in total. The number of halogens is 2. The van der Waals surface area contributed by atoms with E-state index in [4.69, 9.17) is 32.7 Å². The van der Waals surface area contributed by atoms with Crippen molar-refractivity contribution in [3.05, 3.63) is 63.9 Å². The molecule has 2 atom stereocenters. The summed E-state index contributed by atoms with van der Waals surface area (Å²) >= 11 is 11.7. The fraction of sp³-hybridized carbons (Fsp3) is 0.483. The minimum atomic E-state index is -0.681. The first kappa shape index (κ1) is 34.9. The number of carbonyl (C=O) groups excluding carboxylic acids is 4. The molecule has 0 radical (unpaired) electrons. The van der Waals surface area contributed by atoms with Gasteiger partial charge in [-0.25, -0.2) is 9.59 Å². The first-order valence-electron chi connectivity index (χ1n) is 13.0. The summed E-state index contributed by atoms with van der Waals surface area (Å²) in [6.45, 7) is 11.7. The van der Waals surface area contributed by atoms with Crippen molar-refractivity contribution in [2.24, 2.45) is 11.8 Å². The van der Waals surface area contributed by atoms with E-state index in [0.29, 0.717) is 23.3 Å². The third-order valence-corrected chi connectivity index (χ3v) is 5.76. The molecule has 1 aromatic heterocycles. The SMILES string of the molecule is CC(C)COC(=O)[C@H](C)NC(=O)Cc1ccc(Cl)c(Cl)c1.CC(C)COC(=O)[C@H](C)NC(=O)Cc1cccnc1. The van der Waals surface area contributed by atoms with Crippen molar-refractivity contribution in [1.82, 2.24) is 15.6 Å². The summed E-state index contributed by atoms with van der Waals surface area (Å²) in [6.07, 6.45) is 3.60. The van der Waals surface area contributed by atoms with Crippen molar-refractivity contribution in [3.8, 4) is 0 Å². The summed E-state index contributed by atoms with van der Waals surface area (Å²) in [7, 11) is 0. The Labute approximate surface area is 246 Å². The van der Waals surface area contributed by atoms with Crippen molar-refractivity contribution in [3.63, 3.8) is 0 Å². The molecule has 220 valence electrons. The van der Waals surface area contributed by atoms with Gasteiger partial charge in [-0.3, -0.25) is 14.6 Å². The van der Waals surface area contributed by atoms with Crippen molar-refractivity contribution in [2.45, 2.75) is 66.5 Å². The van der Waals surface area contributed by atoms with Crippen LogP contribution in [0.3, 0.4) is 0 Å². The molecule has 0 spiro atoms. The maximum Gasteiger partial charge on any atom is 0.328 e. The van der Waals surface area contributed by atoms with Crippen LogP contribution in [-0.2, 0) is 41.5 Å². The second-order valence-corrected chi connectivity index (χ2v) is 10.9. The Morgan fingerprint density at radius 2 is 1.25 bits per heavy atom. The molecule has 0 aliphatic heterocycles. The lowest BCUT2D eigenvalue weighted by molar-refractivity contribution is -0.148. The first-order valence-corrected chi connectivity index (χ1v) is 13.8. The summed E-state index contributed by atoms with van der Waals surface area (Å²) in [5, 5.41) is 6.04. The highest BCUT2D eigenvalue weighted by molar-refractivity contribution is 6.42. The highest BCUT2D eigenvalue weighted by Crippen LogP contribution is 2.22. The molecule has 0 saturated heterocycles. The molecule has 1 aromatic carbocycles. The fourth-order valence-corrected chi connectivity index (χ4v) is 3.29. The molecule has 0 bridgehead atoms. The van der Waals surface area contributed by atoms with Crippen molar-refractivity contribution in [2.75, 3.05) is 13.2 Å². The Morgan fingerprint density at radius 3 is 1.68 bits per heavy atom. The number of aromatic nitrogens is 1. The highest BCUT2D eigenvalue weighted by Gasteiger charge is 2.18. The van der Waals surface area contributed by atoms with Gasteiger partial charge in [-0.15, -0.1) is 0 Å². The van der Waals surface area contributed by atoms with Crippen molar-refractivity contribution >= 4 is 47.0 Å². The third-order valence-electron chi connectivity index (χ3n) is 5.02. The molecule has 0 aliphatic carbocycles. The number of benzene rings is 1. The van der Waals surface area contributed by atoms with Gasteiger partial charge in [0.25, 0.3) is 0 Å². The number of esters is 2. The molecule has 0 aliphatic rings. The van der Waals surface area contributed by atoms with Gasteiger partial charge in [-0.2, -0.15) is 0 Å². The minimum Gasteiger partial charge on any atom is -0.464 e. The molecular formula is C29H39Cl2N3O6. The Kier molecular flexibility index (Phi) is 15.9. The van der Waals surface area contributed by atoms with Crippen LogP contribution >= 0.6 is 23.2 Å². The topological polar surface area (TPSA) is 124 Å². The maximum absolute atomic E-state index is 11.9. The number of nitrogens with one attached hydrogen (secondary N) is 2. The summed E-state index contributed by atoms with van der Waals surface area (Å²) in [4.78, 5) is 50.8. The third kappa shape index (κ3) is 14.8. The Balaban J connectivity index is 0.000000402. The smallest absolute Gasteiger partial charge is 0.328 e. The summed E-state index contributed by atoms with van der Waals surface area (Å²) in [5.74, 6) is -0.806. The van der Waals surface area contributed by atoms with Gasteiger partial charge < -0.3 is 20.1 Å². The number of pyridine rings is 1. The number of hydrogen-bond donors (Lipinski definition) is 2. The van der Waals surface area contributed by atoms with Crippen LogP contribution in [0.5, 0.6) is 0 Å². The highest BCUT2D eigenvalue weighted by atomic mass is 35.5. The maximum atomic E-state index is 11.9. The lowest BCUT2D eigenvalue weighted by atomic mass is 10.1. The number of ether oxygens (including phenoxy) is 2. The number of nitrogens with zero attached hydrogens (tertiary/aromatic N) is 1. The molecule has 0 unspecified atom stereocenters. The minimum absolute atomic E-state index is 0.124. The Bertz CT molecular complexity index is 1110. The molecule has 2 N–H and O–H groups in total. The van der Waals surface area contributed by atoms with Gasteiger partial charge in [0.15, 0.2) is 0 Å². The number of carbonyl (C=O) groups is 4. The van der Waals surface area contributed by atoms with E-state index >= 15 is 0 Å². The van der Waals surface area contributed by atoms with E-state index in [9.17, 15) is 19.2 Å². The second kappa shape index (κ2) is 18.2. The average molecular weight is 597 g/mol. The summed E-state index contributed by atoms with van der Waals surface area (Å²) < 4.78 is 10.1. The normalized spacial score (nSPS) is 12.1.